The molecule has 0 saturated heterocycles. The molecule has 0 unspecified atom stereocenters. The van der Waals surface area contributed by atoms with Crippen LogP contribution in [0.4, 0.5) is 4.39 Å². The first-order valence-corrected chi connectivity index (χ1v) is 4.86. The summed E-state index contributed by atoms with van der Waals surface area (Å²) in [6.45, 7) is 1.40. The highest BCUT2D eigenvalue weighted by atomic mass is 19.1. The molecule has 0 bridgehead atoms. The van der Waals surface area contributed by atoms with Crippen LogP contribution in [0.3, 0.4) is 0 Å². The zero-order chi connectivity index (χ0) is 12.1. The van der Waals surface area contributed by atoms with Gasteiger partial charge in [-0.1, -0.05) is 12.2 Å². The molecule has 0 amide bonds. The van der Waals surface area contributed by atoms with Gasteiger partial charge in [0, 0.05) is 17.2 Å². The van der Waals surface area contributed by atoms with E-state index in [0.29, 0.717) is 11.3 Å². The summed E-state index contributed by atoms with van der Waals surface area (Å²) in [6.07, 6.45) is 3.44. The number of allylic oxidation sites excluding steroid dienone is 1. The molecule has 1 aromatic rings. The molecular weight excluding hydrogens is 211 g/mol. The second-order valence-corrected chi connectivity index (χ2v) is 3.15. The minimum atomic E-state index is -0.557. The van der Waals surface area contributed by atoms with Crippen molar-refractivity contribution in [1.82, 2.24) is 0 Å². The molecule has 0 saturated carbocycles. The summed E-state index contributed by atoms with van der Waals surface area (Å²) in [5.41, 5.74) is 0.708. The van der Waals surface area contributed by atoms with Crippen LogP contribution in [0.15, 0.2) is 12.1 Å². The fraction of sp³-hybridized carbons (Fsp3) is 0.333. The average Bonchev–Trinajstić information content (AvgIpc) is 2.30. The van der Waals surface area contributed by atoms with Crippen molar-refractivity contribution in [2.24, 2.45) is 0 Å². The van der Waals surface area contributed by atoms with Crippen LogP contribution in [-0.4, -0.2) is 19.3 Å². The van der Waals surface area contributed by atoms with Gasteiger partial charge in [0.15, 0.2) is 11.6 Å². The van der Waals surface area contributed by atoms with Gasteiger partial charge in [-0.15, -0.1) is 0 Å². The maximum absolute atomic E-state index is 13.8. The molecule has 88 valence electrons. The van der Waals surface area contributed by atoms with Gasteiger partial charge in [0.2, 0.25) is 0 Å². The van der Waals surface area contributed by atoms with E-state index in [9.17, 15) is 9.50 Å². The molecule has 0 fully saturated rings. The van der Waals surface area contributed by atoms with Gasteiger partial charge in [0.1, 0.15) is 5.75 Å². The molecule has 0 spiro atoms. The number of aliphatic hydroxyl groups excluding tert-OH is 1. The van der Waals surface area contributed by atoms with E-state index in [0.717, 1.165) is 0 Å². The normalized spacial score (nSPS) is 10.8. The van der Waals surface area contributed by atoms with E-state index in [2.05, 4.69) is 0 Å². The first-order chi connectivity index (χ1) is 7.69. The average molecular weight is 226 g/mol. The molecule has 0 aliphatic rings. The highest BCUT2D eigenvalue weighted by Crippen LogP contribution is 2.33. The van der Waals surface area contributed by atoms with Crippen molar-refractivity contribution >= 4 is 6.08 Å². The maximum atomic E-state index is 13.8. The van der Waals surface area contributed by atoms with Crippen LogP contribution in [0.1, 0.15) is 18.1 Å². The first-order valence-electron chi connectivity index (χ1n) is 4.86. The van der Waals surface area contributed by atoms with E-state index in [4.69, 9.17) is 9.47 Å². The SMILES string of the molecule is C/C=C/c1c(OC)cc(OC)c(F)c1CO. The van der Waals surface area contributed by atoms with Crippen molar-refractivity contribution in [1.29, 1.82) is 0 Å². The lowest BCUT2D eigenvalue weighted by Crippen LogP contribution is -2.01. The number of hydrogen-bond donors (Lipinski definition) is 1. The number of methoxy groups -OCH3 is 2. The highest BCUT2D eigenvalue weighted by molar-refractivity contribution is 5.63. The lowest BCUT2D eigenvalue weighted by molar-refractivity contribution is 0.270. The number of halogens is 1. The molecule has 0 aliphatic carbocycles. The van der Waals surface area contributed by atoms with Crippen LogP contribution < -0.4 is 9.47 Å². The fourth-order valence-electron chi connectivity index (χ4n) is 1.50. The predicted molar refractivity (Wildman–Crippen MR) is 60.1 cm³/mol. The van der Waals surface area contributed by atoms with Crippen LogP contribution >= 0.6 is 0 Å². The van der Waals surface area contributed by atoms with Crippen molar-refractivity contribution in [3.05, 3.63) is 29.1 Å². The summed E-state index contributed by atoms with van der Waals surface area (Å²) in [5.74, 6) is -0.0200. The van der Waals surface area contributed by atoms with E-state index >= 15 is 0 Å². The molecule has 1 aromatic carbocycles. The number of aliphatic hydroxyl groups is 1. The van der Waals surface area contributed by atoms with Crippen LogP contribution in [0, 0.1) is 5.82 Å². The fourth-order valence-corrected chi connectivity index (χ4v) is 1.50. The third kappa shape index (κ3) is 2.17. The van der Waals surface area contributed by atoms with E-state index < -0.39 is 12.4 Å². The summed E-state index contributed by atoms with van der Waals surface area (Å²) in [7, 11) is 2.86. The molecule has 0 atom stereocenters. The van der Waals surface area contributed by atoms with Crippen molar-refractivity contribution in [2.45, 2.75) is 13.5 Å². The summed E-state index contributed by atoms with van der Waals surface area (Å²) >= 11 is 0. The quantitative estimate of drug-likeness (QED) is 0.856. The van der Waals surface area contributed by atoms with Gasteiger partial charge < -0.3 is 14.6 Å². The topological polar surface area (TPSA) is 38.7 Å². The summed E-state index contributed by atoms with van der Waals surface area (Å²) in [5, 5.41) is 9.18. The Bertz CT molecular complexity index is 400. The molecule has 0 radical (unpaired) electrons. The predicted octanol–water partition coefficient (Wildman–Crippen LogP) is 2.37. The summed E-state index contributed by atoms with van der Waals surface area (Å²) < 4.78 is 23.8. The monoisotopic (exact) mass is 226 g/mol. The number of benzene rings is 1. The second-order valence-electron chi connectivity index (χ2n) is 3.15. The Labute approximate surface area is 94.1 Å². The Hall–Kier alpha value is -1.55. The third-order valence-electron chi connectivity index (χ3n) is 2.27. The Morgan fingerprint density at radius 3 is 2.38 bits per heavy atom. The smallest absolute Gasteiger partial charge is 0.171 e. The summed E-state index contributed by atoms with van der Waals surface area (Å²) in [6, 6.07) is 1.46. The Kier molecular flexibility index (Phi) is 4.31. The van der Waals surface area contributed by atoms with Crippen molar-refractivity contribution in [3.8, 4) is 11.5 Å². The van der Waals surface area contributed by atoms with Gasteiger partial charge in [-0.05, 0) is 6.92 Å². The summed E-state index contributed by atoms with van der Waals surface area (Å²) in [4.78, 5) is 0. The van der Waals surface area contributed by atoms with Crippen LogP contribution in [0.25, 0.3) is 6.08 Å². The lowest BCUT2D eigenvalue weighted by atomic mass is 10.0. The molecule has 0 heterocycles. The van der Waals surface area contributed by atoms with Crippen LogP contribution in [0.2, 0.25) is 0 Å². The molecule has 4 heteroatoms. The standard InChI is InChI=1S/C12H15FO3/c1-4-5-8-9(7-14)12(13)11(16-3)6-10(8)15-2/h4-6,14H,7H2,1-3H3/b5-4+. The largest absolute Gasteiger partial charge is 0.496 e. The van der Waals surface area contributed by atoms with Crippen molar-refractivity contribution in [2.75, 3.05) is 14.2 Å². The molecule has 3 nitrogen and oxygen atoms in total. The minimum Gasteiger partial charge on any atom is -0.496 e. The maximum Gasteiger partial charge on any atom is 0.171 e. The van der Waals surface area contributed by atoms with Gasteiger partial charge in [-0.3, -0.25) is 0 Å². The first kappa shape index (κ1) is 12.5. The Morgan fingerprint density at radius 2 is 1.94 bits per heavy atom. The number of rotatable bonds is 4. The molecule has 1 rings (SSSR count). The number of hydrogen-bond acceptors (Lipinski definition) is 3. The van der Waals surface area contributed by atoms with Crippen molar-refractivity contribution in [3.63, 3.8) is 0 Å². The third-order valence-corrected chi connectivity index (χ3v) is 2.27. The second kappa shape index (κ2) is 5.51. The van der Waals surface area contributed by atoms with Crippen molar-refractivity contribution < 1.29 is 19.0 Å². The molecule has 0 aromatic heterocycles. The van der Waals surface area contributed by atoms with E-state index in [-0.39, 0.29) is 11.3 Å². The van der Waals surface area contributed by atoms with E-state index in [1.54, 1.807) is 12.2 Å². The molecule has 16 heavy (non-hydrogen) atoms. The van der Waals surface area contributed by atoms with Gasteiger partial charge in [-0.25, -0.2) is 4.39 Å². The van der Waals surface area contributed by atoms with Crippen LogP contribution in [0.5, 0.6) is 11.5 Å². The zero-order valence-electron chi connectivity index (χ0n) is 9.58. The van der Waals surface area contributed by atoms with Gasteiger partial charge in [-0.2, -0.15) is 0 Å². The van der Waals surface area contributed by atoms with Gasteiger partial charge in [0.05, 0.1) is 20.8 Å². The molecule has 1 N–H and O–H groups in total. The Balaban J connectivity index is 3.50. The Morgan fingerprint density at radius 1 is 1.31 bits per heavy atom. The number of ether oxygens (including phenoxy) is 2. The zero-order valence-corrected chi connectivity index (χ0v) is 9.58. The lowest BCUT2D eigenvalue weighted by Gasteiger charge is -2.13. The molecule has 0 aliphatic heterocycles. The van der Waals surface area contributed by atoms with Gasteiger partial charge >= 0.3 is 0 Å². The molecular formula is C12H15FO3. The van der Waals surface area contributed by atoms with Crippen LogP contribution in [-0.2, 0) is 6.61 Å². The minimum absolute atomic E-state index is 0.0640. The highest BCUT2D eigenvalue weighted by Gasteiger charge is 2.17. The van der Waals surface area contributed by atoms with E-state index in [1.807, 2.05) is 6.92 Å². The van der Waals surface area contributed by atoms with Gasteiger partial charge in [0.25, 0.3) is 0 Å². The van der Waals surface area contributed by atoms with E-state index in [1.165, 1.54) is 20.3 Å².